The van der Waals surface area contributed by atoms with E-state index in [2.05, 4.69) is 79.9 Å². The van der Waals surface area contributed by atoms with E-state index in [9.17, 15) is 19.4 Å². The Morgan fingerprint density at radius 1 is 0.720 bits per heavy atom. The Bertz CT molecular complexity index is 1040. The molecule has 0 aromatic rings. The third kappa shape index (κ3) is 34.4. The molecule has 0 fully saturated rings. The van der Waals surface area contributed by atoms with Gasteiger partial charge < -0.3 is 28.8 Å². The number of carbonyl (C=O) groups excluding carboxylic acids is 1. The van der Waals surface area contributed by atoms with Crippen LogP contribution >= 0.6 is 7.82 Å². The zero-order valence-corrected chi connectivity index (χ0v) is 33.2. The molecule has 0 rings (SSSR count). The van der Waals surface area contributed by atoms with Gasteiger partial charge in [-0.1, -0.05) is 145 Å². The summed E-state index contributed by atoms with van der Waals surface area (Å²) in [5.74, 6) is -0.254. The first-order chi connectivity index (χ1) is 24.0. The molecule has 0 heterocycles. The number of likely N-dealkylation sites (N-methyl/N-ethyl adjacent to an activating group) is 1. The maximum absolute atomic E-state index is 12.7. The fourth-order valence-corrected chi connectivity index (χ4v) is 5.61. The summed E-state index contributed by atoms with van der Waals surface area (Å²) in [6.45, 7) is 4.48. The topological polar surface area (TPSA) is 108 Å². The molecule has 0 aliphatic carbocycles. The van der Waals surface area contributed by atoms with E-state index >= 15 is 0 Å². The molecule has 8 nitrogen and oxygen atoms in total. The summed E-state index contributed by atoms with van der Waals surface area (Å²) in [7, 11) is 1.24. The zero-order chi connectivity index (χ0) is 37.2. The summed E-state index contributed by atoms with van der Waals surface area (Å²) in [5.41, 5.74) is 0. The lowest BCUT2D eigenvalue weighted by Crippen LogP contribution is -2.46. The van der Waals surface area contributed by atoms with Crippen molar-refractivity contribution in [2.75, 3.05) is 40.9 Å². The van der Waals surface area contributed by atoms with E-state index in [0.717, 1.165) is 57.8 Å². The number of allylic oxidation sites excluding steroid dienone is 12. The number of hydrogen-bond donors (Lipinski definition) is 2. The average molecular weight is 721 g/mol. The molecule has 0 saturated carbocycles. The molecule has 0 aliphatic heterocycles. The molecule has 288 valence electrons. The number of hydrogen-bond acceptors (Lipinski definition) is 6. The standard InChI is InChI=1S/C41H73N2O6P/c1-6-8-10-12-14-16-17-18-19-20-21-22-23-24-25-27-29-31-33-35-41(45)42-39(38-49-50(46,47)48-37-36-43(3,4)5)40(44)34-32-30-28-26-15-13-11-9-7-2/h8,10,14,16,18-19,21-22,24-25,29,31,39-40,44H,6-7,9,11-13,15,17,20,23,26-28,30,32-38H2,1-5H3,(H-,42,45,46,47)/b10-8-,16-14-,19-18-,22-21-,25-24-,31-29-. The van der Waals surface area contributed by atoms with E-state index in [1.807, 2.05) is 33.3 Å². The highest BCUT2D eigenvalue weighted by Crippen LogP contribution is 2.38. The van der Waals surface area contributed by atoms with Crippen molar-refractivity contribution in [2.24, 2.45) is 0 Å². The van der Waals surface area contributed by atoms with Crippen LogP contribution in [0, 0.1) is 0 Å². The fraction of sp³-hybridized carbons (Fsp3) is 0.683. The smallest absolute Gasteiger partial charge is 0.268 e. The minimum Gasteiger partial charge on any atom is -0.756 e. The van der Waals surface area contributed by atoms with Crippen molar-refractivity contribution in [2.45, 2.75) is 142 Å². The first kappa shape index (κ1) is 47.9. The van der Waals surface area contributed by atoms with Gasteiger partial charge in [0.05, 0.1) is 39.9 Å². The Morgan fingerprint density at radius 3 is 1.66 bits per heavy atom. The molecule has 1 amide bonds. The number of aliphatic hydroxyl groups is 1. The average Bonchev–Trinajstić information content (AvgIpc) is 3.06. The van der Waals surface area contributed by atoms with Gasteiger partial charge in [-0.05, 0) is 51.4 Å². The molecule has 3 unspecified atom stereocenters. The SMILES string of the molecule is CC/C=C\C/C=C\C/C=C\C/C=C\C/C=C\C/C=C\CCC(=O)NC(COP(=O)([O-])OCC[N+](C)(C)C)C(O)CCCCCCCCCCC. The van der Waals surface area contributed by atoms with Crippen LogP contribution in [0.4, 0.5) is 0 Å². The quantitative estimate of drug-likeness (QED) is 0.0303. The molecule has 3 atom stereocenters. The maximum atomic E-state index is 12.7. The molecule has 9 heteroatoms. The number of nitrogens with one attached hydrogen (secondary N) is 1. The summed E-state index contributed by atoms with van der Waals surface area (Å²) in [5, 5.41) is 13.7. The van der Waals surface area contributed by atoms with Crippen LogP contribution < -0.4 is 10.2 Å². The zero-order valence-electron chi connectivity index (χ0n) is 32.3. The number of rotatable bonds is 33. The van der Waals surface area contributed by atoms with Gasteiger partial charge in [0.25, 0.3) is 7.82 Å². The van der Waals surface area contributed by atoms with Crippen LogP contribution in [0.25, 0.3) is 0 Å². The first-order valence-corrected chi connectivity index (χ1v) is 20.7. The van der Waals surface area contributed by atoms with Crippen molar-refractivity contribution < 1.29 is 32.9 Å². The maximum Gasteiger partial charge on any atom is 0.268 e. The molecular formula is C41H73N2O6P. The lowest BCUT2D eigenvalue weighted by molar-refractivity contribution is -0.870. The van der Waals surface area contributed by atoms with Crippen LogP contribution in [0.5, 0.6) is 0 Å². The van der Waals surface area contributed by atoms with E-state index in [-0.39, 0.29) is 25.5 Å². The van der Waals surface area contributed by atoms with Crippen LogP contribution in [0.3, 0.4) is 0 Å². The predicted molar refractivity (Wildman–Crippen MR) is 210 cm³/mol. The van der Waals surface area contributed by atoms with Crippen molar-refractivity contribution in [3.8, 4) is 0 Å². The van der Waals surface area contributed by atoms with Gasteiger partial charge in [-0.2, -0.15) is 0 Å². The van der Waals surface area contributed by atoms with Crippen molar-refractivity contribution in [3.05, 3.63) is 72.9 Å². The van der Waals surface area contributed by atoms with Crippen LogP contribution in [0.15, 0.2) is 72.9 Å². The number of nitrogens with zero attached hydrogens (tertiary/aromatic N) is 1. The van der Waals surface area contributed by atoms with Gasteiger partial charge in [-0.3, -0.25) is 9.36 Å². The van der Waals surface area contributed by atoms with Gasteiger partial charge in [-0.25, -0.2) is 0 Å². The number of amides is 1. The van der Waals surface area contributed by atoms with Crippen LogP contribution in [-0.4, -0.2) is 68.5 Å². The van der Waals surface area contributed by atoms with E-state index in [1.54, 1.807) is 0 Å². The van der Waals surface area contributed by atoms with Crippen LogP contribution in [0.2, 0.25) is 0 Å². The second kappa shape index (κ2) is 32.8. The highest BCUT2D eigenvalue weighted by Gasteiger charge is 2.24. The predicted octanol–water partition coefficient (Wildman–Crippen LogP) is 9.44. The van der Waals surface area contributed by atoms with Crippen molar-refractivity contribution in [3.63, 3.8) is 0 Å². The summed E-state index contributed by atoms with van der Waals surface area (Å²) in [6, 6.07) is -0.842. The lowest BCUT2D eigenvalue weighted by Gasteiger charge is -2.30. The summed E-state index contributed by atoms with van der Waals surface area (Å²) >= 11 is 0. The normalized spacial score (nSPS) is 15.4. The van der Waals surface area contributed by atoms with E-state index in [4.69, 9.17) is 9.05 Å². The summed E-state index contributed by atoms with van der Waals surface area (Å²) in [4.78, 5) is 25.1. The van der Waals surface area contributed by atoms with Gasteiger partial charge in [0, 0.05) is 6.42 Å². The molecule has 0 bridgehead atoms. The number of carbonyl (C=O) groups is 1. The summed E-state index contributed by atoms with van der Waals surface area (Å²) < 4.78 is 23.1. The molecule has 0 radical (unpaired) electrons. The molecule has 0 aliphatic rings. The molecular weight excluding hydrogens is 647 g/mol. The Kier molecular flexibility index (Phi) is 31.5. The van der Waals surface area contributed by atoms with Crippen molar-refractivity contribution in [1.29, 1.82) is 0 Å². The second-order valence-corrected chi connectivity index (χ2v) is 15.3. The third-order valence-electron chi connectivity index (χ3n) is 7.97. The molecule has 0 aromatic heterocycles. The minimum absolute atomic E-state index is 0.00570. The Morgan fingerprint density at radius 2 is 1.18 bits per heavy atom. The van der Waals surface area contributed by atoms with Gasteiger partial charge >= 0.3 is 0 Å². The Labute approximate surface area is 306 Å². The van der Waals surface area contributed by atoms with Crippen LogP contribution in [0.1, 0.15) is 129 Å². The number of quaternary nitrogens is 1. The molecule has 0 saturated heterocycles. The van der Waals surface area contributed by atoms with E-state index in [1.165, 1.54) is 38.5 Å². The van der Waals surface area contributed by atoms with Gasteiger partial charge in [0.15, 0.2) is 0 Å². The minimum atomic E-state index is -4.58. The third-order valence-corrected chi connectivity index (χ3v) is 8.94. The second-order valence-electron chi connectivity index (χ2n) is 13.9. The van der Waals surface area contributed by atoms with Crippen molar-refractivity contribution >= 4 is 13.7 Å². The molecule has 0 aromatic carbocycles. The largest absolute Gasteiger partial charge is 0.756 e. The van der Waals surface area contributed by atoms with E-state index < -0.39 is 20.0 Å². The summed E-state index contributed by atoms with van der Waals surface area (Å²) in [6.07, 6.45) is 42.1. The van der Waals surface area contributed by atoms with Gasteiger partial charge in [0.1, 0.15) is 13.2 Å². The number of aliphatic hydroxyl groups excluding tert-OH is 1. The fourth-order valence-electron chi connectivity index (χ4n) is 4.88. The lowest BCUT2D eigenvalue weighted by atomic mass is 10.0. The highest BCUT2D eigenvalue weighted by atomic mass is 31.2. The Hall–Kier alpha value is -2.06. The number of phosphoric ester groups is 1. The first-order valence-electron chi connectivity index (χ1n) is 19.3. The highest BCUT2D eigenvalue weighted by molar-refractivity contribution is 7.45. The molecule has 2 N–H and O–H groups in total. The molecule has 50 heavy (non-hydrogen) atoms. The Balaban J connectivity index is 4.57. The number of unbranched alkanes of at least 4 members (excludes halogenated alkanes) is 8. The monoisotopic (exact) mass is 721 g/mol. The van der Waals surface area contributed by atoms with Crippen molar-refractivity contribution in [1.82, 2.24) is 5.32 Å². The number of phosphoric acid groups is 1. The van der Waals surface area contributed by atoms with Gasteiger partial charge in [0.2, 0.25) is 5.91 Å². The van der Waals surface area contributed by atoms with E-state index in [0.29, 0.717) is 23.9 Å². The van der Waals surface area contributed by atoms with Crippen LogP contribution in [-0.2, 0) is 18.4 Å². The van der Waals surface area contributed by atoms with Gasteiger partial charge in [-0.15, -0.1) is 0 Å². The molecule has 0 spiro atoms.